The van der Waals surface area contributed by atoms with Crippen molar-refractivity contribution in [1.82, 2.24) is 39.0 Å². The van der Waals surface area contributed by atoms with Crippen LogP contribution in [-0.2, 0) is 31.1 Å². The number of ether oxygens (including phenoxy) is 3. The quantitative estimate of drug-likeness (QED) is 0.204. The molecule has 232 valence electrons. The summed E-state index contributed by atoms with van der Waals surface area (Å²) in [4.78, 5) is 26.7. The van der Waals surface area contributed by atoms with E-state index in [4.69, 9.17) is 24.2 Å². The van der Waals surface area contributed by atoms with Crippen molar-refractivity contribution in [2.24, 2.45) is 7.05 Å². The first kappa shape index (κ1) is 31.2. The van der Waals surface area contributed by atoms with Gasteiger partial charge in [0.15, 0.2) is 22.7 Å². The highest BCUT2D eigenvalue weighted by Crippen LogP contribution is 2.45. The molecular formula is C29H31F3N8O3S. The van der Waals surface area contributed by atoms with E-state index in [2.05, 4.69) is 32.6 Å². The van der Waals surface area contributed by atoms with E-state index in [1.165, 1.54) is 17.9 Å². The minimum absolute atomic E-state index is 0.128. The zero-order valence-corrected chi connectivity index (χ0v) is 25.4. The number of rotatable bonds is 10. The van der Waals surface area contributed by atoms with Crippen LogP contribution in [0.15, 0.2) is 43.1 Å². The Labute approximate surface area is 256 Å². The number of aryl methyl sites for hydroxylation is 1. The SMILES string of the molecule is COCCn1cnc2c(OCc3ccc(-c4nc(C(F)(F)F)cn4C)cc3)nc(-c3c(OC)ncnc3C3CC3)nc21.CS. The molecule has 0 N–H and O–H groups in total. The lowest BCUT2D eigenvalue weighted by atomic mass is 10.1. The summed E-state index contributed by atoms with van der Waals surface area (Å²) in [6.45, 7) is 1.10. The van der Waals surface area contributed by atoms with Gasteiger partial charge in [-0.1, -0.05) is 24.3 Å². The Hall–Kier alpha value is -4.24. The van der Waals surface area contributed by atoms with Crippen LogP contribution in [0, 0.1) is 0 Å². The van der Waals surface area contributed by atoms with Gasteiger partial charge in [-0.25, -0.2) is 24.9 Å². The maximum atomic E-state index is 13.1. The molecule has 0 atom stereocenters. The van der Waals surface area contributed by atoms with Crippen molar-refractivity contribution in [3.8, 4) is 34.5 Å². The van der Waals surface area contributed by atoms with Gasteiger partial charge in [0.25, 0.3) is 0 Å². The highest BCUT2D eigenvalue weighted by atomic mass is 32.1. The summed E-state index contributed by atoms with van der Waals surface area (Å²) in [5.41, 5.74) is 2.86. The van der Waals surface area contributed by atoms with Crippen LogP contribution >= 0.6 is 12.6 Å². The molecule has 15 heteroatoms. The number of hydrogen-bond acceptors (Lipinski definition) is 10. The lowest BCUT2D eigenvalue weighted by molar-refractivity contribution is -0.140. The number of halogens is 3. The predicted octanol–water partition coefficient (Wildman–Crippen LogP) is 5.36. The van der Waals surface area contributed by atoms with E-state index in [0.29, 0.717) is 47.1 Å². The van der Waals surface area contributed by atoms with Gasteiger partial charge in [0.05, 0.1) is 25.7 Å². The first-order chi connectivity index (χ1) is 21.3. The fourth-order valence-corrected chi connectivity index (χ4v) is 4.67. The van der Waals surface area contributed by atoms with E-state index in [1.54, 1.807) is 51.1 Å². The van der Waals surface area contributed by atoms with Crippen LogP contribution in [0.25, 0.3) is 33.9 Å². The minimum Gasteiger partial charge on any atom is -0.480 e. The van der Waals surface area contributed by atoms with Crippen molar-refractivity contribution in [3.05, 3.63) is 60.1 Å². The summed E-state index contributed by atoms with van der Waals surface area (Å²) < 4.78 is 59.5. The molecule has 4 heterocycles. The second-order valence-electron chi connectivity index (χ2n) is 9.92. The molecule has 11 nitrogen and oxygen atoms in total. The van der Waals surface area contributed by atoms with Crippen LogP contribution in [0.1, 0.15) is 35.7 Å². The summed E-state index contributed by atoms with van der Waals surface area (Å²) in [6, 6.07) is 6.95. The second kappa shape index (κ2) is 13.2. The van der Waals surface area contributed by atoms with E-state index in [9.17, 15) is 13.2 Å². The number of imidazole rings is 2. The Morgan fingerprint density at radius 3 is 2.36 bits per heavy atom. The van der Waals surface area contributed by atoms with Crippen molar-refractivity contribution >= 4 is 23.8 Å². The highest BCUT2D eigenvalue weighted by molar-refractivity contribution is 7.79. The third-order valence-electron chi connectivity index (χ3n) is 6.95. The zero-order chi connectivity index (χ0) is 31.4. The van der Waals surface area contributed by atoms with E-state index in [0.717, 1.165) is 30.3 Å². The van der Waals surface area contributed by atoms with Gasteiger partial charge in [-0.3, -0.25) is 0 Å². The number of alkyl halides is 3. The average Bonchev–Trinajstić information content (AvgIpc) is 3.68. The molecule has 44 heavy (non-hydrogen) atoms. The minimum atomic E-state index is -4.52. The smallest absolute Gasteiger partial charge is 0.434 e. The molecule has 0 saturated heterocycles. The number of benzene rings is 1. The molecule has 1 aromatic carbocycles. The Morgan fingerprint density at radius 1 is 0.977 bits per heavy atom. The molecule has 1 saturated carbocycles. The third-order valence-corrected chi connectivity index (χ3v) is 6.95. The van der Waals surface area contributed by atoms with Crippen LogP contribution < -0.4 is 9.47 Å². The monoisotopic (exact) mass is 628 g/mol. The normalized spacial score (nSPS) is 13.1. The fraction of sp³-hybridized carbons (Fsp3) is 0.379. The van der Waals surface area contributed by atoms with Crippen LogP contribution in [0.4, 0.5) is 13.2 Å². The van der Waals surface area contributed by atoms with Crippen LogP contribution in [0.2, 0.25) is 0 Å². The molecule has 6 rings (SSSR count). The lowest BCUT2D eigenvalue weighted by Crippen LogP contribution is -2.07. The van der Waals surface area contributed by atoms with Crippen molar-refractivity contribution in [2.75, 3.05) is 27.1 Å². The van der Waals surface area contributed by atoms with Crippen LogP contribution in [-0.4, -0.2) is 66.1 Å². The summed E-state index contributed by atoms with van der Waals surface area (Å²) in [6.07, 6.45) is 3.31. The van der Waals surface area contributed by atoms with E-state index in [-0.39, 0.29) is 24.2 Å². The van der Waals surface area contributed by atoms with Crippen molar-refractivity contribution < 1.29 is 27.4 Å². The molecule has 0 bridgehead atoms. The Balaban J connectivity index is 0.00000188. The van der Waals surface area contributed by atoms with E-state index < -0.39 is 11.9 Å². The lowest BCUT2D eigenvalue weighted by Gasteiger charge is -2.13. The number of thiol groups is 1. The van der Waals surface area contributed by atoms with Crippen molar-refractivity contribution in [1.29, 1.82) is 0 Å². The largest absolute Gasteiger partial charge is 0.480 e. The van der Waals surface area contributed by atoms with Gasteiger partial charge >= 0.3 is 6.18 Å². The van der Waals surface area contributed by atoms with Gasteiger partial charge in [0, 0.05) is 38.4 Å². The van der Waals surface area contributed by atoms with Crippen molar-refractivity contribution in [2.45, 2.75) is 38.1 Å². The summed E-state index contributed by atoms with van der Waals surface area (Å²) >= 11 is 3.53. The third kappa shape index (κ3) is 6.48. The molecule has 1 aliphatic carbocycles. The number of nitrogens with zero attached hydrogens (tertiary/aromatic N) is 8. The van der Waals surface area contributed by atoms with Crippen LogP contribution in [0.3, 0.4) is 0 Å². The topological polar surface area (TPSA) is 115 Å². The number of hydrogen-bond donors (Lipinski definition) is 1. The molecular weight excluding hydrogens is 597 g/mol. The van der Waals surface area contributed by atoms with Gasteiger partial charge < -0.3 is 23.3 Å². The van der Waals surface area contributed by atoms with Crippen molar-refractivity contribution in [3.63, 3.8) is 0 Å². The number of fused-ring (bicyclic) bond motifs is 1. The van der Waals surface area contributed by atoms with E-state index >= 15 is 0 Å². The molecule has 0 unspecified atom stereocenters. The molecule has 1 aliphatic rings. The first-order valence-electron chi connectivity index (χ1n) is 13.6. The van der Waals surface area contributed by atoms with Gasteiger partial charge in [0.1, 0.15) is 24.3 Å². The predicted molar refractivity (Wildman–Crippen MR) is 160 cm³/mol. The maximum Gasteiger partial charge on any atom is 0.434 e. The molecule has 0 amide bonds. The van der Waals surface area contributed by atoms with Crippen LogP contribution in [0.5, 0.6) is 11.8 Å². The molecule has 0 aliphatic heterocycles. The molecule has 5 aromatic rings. The zero-order valence-electron chi connectivity index (χ0n) is 24.5. The molecule has 0 radical (unpaired) electrons. The van der Waals surface area contributed by atoms with Gasteiger partial charge in [-0.15, -0.1) is 0 Å². The number of methoxy groups -OCH3 is 2. The average molecular weight is 629 g/mol. The molecule has 1 fully saturated rings. The summed E-state index contributed by atoms with van der Waals surface area (Å²) in [5, 5.41) is 0. The van der Waals surface area contributed by atoms with Gasteiger partial charge in [0.2, 0.25) is 11.8 Å². The molecule has 4 aromatic heterocycles. The van der Waals surface area contributed by atoms with Gasteiger partial charge in [-0.2, -0.15) is 30.8 Å². The highest BCUT2D eigenvalue weighted by Gasteiger charge is 2.35. The van der Waals surface area contributed by atoms with E-state index in [1.807, 2.05) is 4.57 Å². The Bertz CT molecular complexity index is 1740. The standard InChI is InChI=1S/C28H27F3N8O3.CH4S/c1-38-12-19(28(29,30)31)35-24(38)18-6-4-16(5-7-18)13-42-27-22-25(39(15-34-22)10-11-40-2)36-23(37-27)20-21(17-8-9-17)32-14-33-26(20)41-3;1-2/h4-7,12,14-15,17H,8-11,13H2,1-3H3;2H,1H3. The first-order valence-corrected chi connectivity index (χ1v) is 14.5. The summed E-state index contributed by atoms with van der Waals surface area (Å²) in [5.74, 6) is 1.49. The summed E-state index contributed by atoms with van der Waals surface area (Å²) in [7, 11) is 4.69. The Morgan fingerprint density at radius 2 is 1.73 bits per heavy atom. The van der Waals surface area contributed by atoms with Gasteiger partial charge in [-0.05, 0) is 24.7 Å². The maximum absolute atomic E-state index is 13.1. The fourth-order valence-electron chi connectivity index (χ4n) is 4.67. The molecule has 0 spiro atoms. The Kier molecular flexibility index (Phi) is 9.34. The second-order valence-corrected chi connectivity index (χ2v) is 9.92. The number of aromatic nitrogens is 8.